The molecule has 0 radical (unpaired) electrons. The maximum absolute atomic E-state index is 11.8. The van der Waals surface area contributed by atoms with E-state index < -0.39 is 0 Å². The number of hydrogen-bond acceptors (Lipinski definition) is 3. The molecule has 2 aromatic carbocycles. The molecule has 3 aromatic rings. The average Bonchev–Trinajstić information content (AvgIpc) is 3.25. The van der Waals surface area contributed by atoms with Gasteiger partial charge in [-0.05, 0) is 25.0 Å². The lowest BCUT2D eigenvalue weighted by Gasteiger charge is -2.34. The Morgan fingerprint density at radius 2 is 1.96 bits per heavy atom. The van der Waals surface area contributed by atoms with Gasteiger partial charge in [-0.2, -0.15) is 0 Å². The second-order valence-corrected chi connectivity index (χ2v) is 7.21. The fourth-order valence-electron chi connectivity index (χ4n) is 4.22. The molecule has 2 heterocycles. The number of carbonyl (C=O) groups is 2. The maximum Gasteiger partial charge on any atom is 0.226 e. The number of carbonyl (C=O) groups excluding carboxylic acids is 2. The van der Waals surface area contributed by atoms with Crippen molar-refractivity contribution in [3.8, 4) is 0 Å². The van der Waals surface area contributed by atoms with E-state index in [0.29, 0.717) is 19.3 Å². The molecule has 0 bridgehead atoms. The minimum absolute atomic E-state index is 0.0315. The number of aromatic amines is 1. The highest BCUT2D eigenvalue weighted by molar-refractivity contribution is 5.86. The molecule has 1 aliphatic rings. The van der Waals surface area contributed by atoms with Crippen molar-refractivity contribution in [2.45, 2.75) is 31.8 Å². The van der Waals surface area contributed by atoms with Gasteiger partial charge in [0.25, 0.3) is 0 Å². The lowest BCUT2D eigenvalue weighted by molar-refractivity contribution is -0.125. The predicted octanol–water partition coefficient (Wildman–Crippen LogP) is 3.98. The Hall–Kier alpha value is -3.34. The van der Waals surface area contributed by atoms with Gasteiger partial charge in [0.15, 0.2) is 0 Å². The molecule has 4 rings (SSSR count). The highest BCUT2D eigenvalue weighted by atomic mass is 16.2. The van der Waals surface area contributed by atoms with E-state index in [-0.39, 0.29) is 18.0 Å². The molecule has 142 valence electrons. The topological polar surface area (TPSA) is 65.2 Å². The summed E-state index contributed by atoms with van der Waals surface area (Å²) >= 11 is 0. The van der Waals surface area contributed by atoms with Crippen molar-refractivity contribution in [3.05, 3.63) is 78.0 Å². The Kier molecular flexibility index (Phi) is 4.74. The number of aromatic nitrogens is 1. The molecule has 0 saturated carbocycles. The van der Waals surface area contributed by atoms with Gasteiger partial charge in [0.1, 0.15) is 0 Å². The van der Waals surface area contributed by atoms with E-state index in [2.05, 4.69) is 65.2 Å². The van der Waals surface area contributed by atoms with Gasteiger partial charge in [-0.1, -0.05) is 49.0 Å². The molecule has 0 saturated heterocycles. The smallest absolute Gasteiger partial charge is 0.226 e. The summed E-state index contributed by atoms with van der Waals surface area (Å²) in [7, 11) is 0. The summed E-state index contributed by atoms with van der Waals surface area (Å²) in [5.74, 6) is -0.257. The van der Waals surface area contributed by atoms with Crippen LogP contribution in [0.5, 0.6) is 0 Å². The second kappa shape index (κ2) is 7.35. The monoisotopic (exact) mass is 373 g/mol. The van der Waals surface area contributed by atoms with Gasteiger partial charge in [0.05, 0.1) is 6.04 Å². The highest BCUT2D eigenvalue weighted by Gasteiger charge is 2.37. The number of amides is 2. The van der Waals surface area contributed by atoms with E-state index in [4.69, 9.17) is 0 Å². The average molecular weight is 373 g/mol. The minimum Gasteiger partial charge on any atom is -0.361 e. The van der Waals surface area contributed by atoms with Crippen LogP contribution in [0.4, 0.5) is 0 Å². The fourth-order valence-corrected chi connectivity index (χ4v) is 4.22. The van der Waals surface area contributed by atoms with Crippen molar-refractivity contribution in [2.24, 2.45) is 0 Å². The predicted molar refractivity (Wildman–Crippen MR) is 110 cm³/mol. The highest BCUT2D eigenvalue weighted by Crippen LogP contribution is 2.47. The third kappa shape index (κ3) is 2.99. The van der Waals surface area contributed by atoms with Crippen LogP contribution in [-0.2, 0) is 9.59 Å². The van der Waals surface area contributed by atoms with Crippen LogP contribution in [0.3, 0.4) is 0 Å². The Labute approximate surface area is 164 Å². The van der Waals surface area contributed by atoms with Crippen molar-refractivity contribution in [1.29, 1.82) is 0 Å². The zero-order valence-corrected chi connectivity index (χ0v) is 15.8. The van der Waals surface area contributed by atoms with Crippen molar-refractivity contribution in [3.63, 3.8) is 0 Å². The van der Waals surface area contributed by atoms with Crippen molar-refractivity contribution >= 4 is 28.9 Å². The molecule has 0 aliphatic carbocycles. The molecule has 2 atom stereocenters. The molecule has 0 fully saturated rings. The lowest BCUT2D eigenvalue weighted by atomic mass is 9.96. The molecule has 5 heteroatoms. The zero-order chi connectivity index (χ0) is 19.7. The number of fused-ring (bicyclic) bond motifs is 2. The molecule has 1 aromatic heterocycles. The van der Waals surface area contributed by atoms with Gasteiger partial charge in [0, 0.05) is 46.4 Å². The first-order valence-corrected chi connectivity index (χ1v) is 9.47. The van der Waals surface area contributed by atoms with Crippen molar-refractivity contribution in [2.75, 3.05) is 0 Å². The molecule has 2 amide bonds. The van der Waals surface area contributed by atoms with Crippen LogP contribution in [0.25, 0.3) is 16.6 Å². The minimum atomic E-state index is -0.257. The van der Waals surface area contributed by atoms with Crippen LogP contribution in [0.1, 0.15) is 42.5 Å². The molecule has 2 unspecified atom stereocenters. The van der Waals surface area contributed by atoms with Gasteiger partial charge in [0.2, 0.25) is 12.3 Å². The van der Waals surface area contributed by atoms with Gasteiger partial charge < -0.3 is 9.88 Å². The van der Waals surface area contributed by atoms with E-state index in [9.17, 15) is 9.59 Å². The summed E-state index contributed by atoms with van der Waals surface area (Å²) in [5, 5.41) is 3.41. The number of nitrogens with zero attached hydrogens (tertiary/aromatic N) is 1. The number of imide groups is 1. The Bertz CT molecular complexity index is 1050. The quantitative estimate of drug-likeness (QED) is 0.642. The molecule has 1 aliphatic heterocycles. The van der Waals surface area contributed by atoms with Crippen LogP contribution in [0.15, 0.2) is 61.3 Å². The van der Waals surface area contributed by atoms with E-state index in [1.54, 1.807) is 0 Å². The first kappa shape index (κ1) is 18.0. The summed E-state index contributed by atoms with van der Waals surface area (Å²) in [6.07, 6.45) is 3.43. The number of nitrogens with one attached hydrogen (secondary N) is 2. The first-order chi connectivity index (χ1) is 13.6. The standard InChI is InChI=1S/C23H23N3O2/c1-15(11-12-22(28)25-14-27)26-16(2)17-7-3-4-9-19(17)23(26)20-13-24-21-10-6-5-8-18(20)21/h3-10,13-15,23-24H,2,11-12H2,1H3,(H,25,27,28). The third-order valence-electron chi connectivity index (χ3n) is 5.56. The van der Waals surface area contributed by atoms with Crippen LogP contribution in [-0.4, -0.2) is 28.2 Å². The zero-order valence-electron chi connectivity index (χ0n) is 15.8. The van der Waals surface area contributed by atoms with E-state index >= 15 is 0 Å². The lowest BCUT2D eigenvalue weighted by Crippen LogP contribution is -2.33. The Morgan fingerprint density at radius 3 is 2.79 bits per heavy atom. The van der Waals surface area contributed by atoms with Gasteiger partial charge in [-0.25, -0.2) is 0 Å². The van der Waals surface area contributed by atoms with Crippen LogP contribution < -0.4 is 5.32 Å². The summed E-state index contributed by atoms with van der Waals surface area (Å²) < 4.78 is 0. The molecule has 0 spiro atoms. The van der Waals surface area contributed by atoms with E-state index in [1.165, 1.54) is 16.5 Å². The number of H-pyrrole nitrogens is 1. The number of rotatable bonds is 6. The maximum atomic E-state index is 11.8. The fraction of sp³-hybridized carbons (Fsp3) is 0.217. The summed E-state index contributed by atoms with van der Waals surface area (Å²) in [6, 6.07) is 16.7. The Morgan fingerprint density at radius 1 is 1.21 bits per heavy atom. The van der Waals surface area contributed by atoms with E-state index in [1.807, 2.05) is 18.2 Å². The summed E-state index contributed by atoms with van der Waals surface area (Å²) in [6.45, 7) is 6.46. The Balaban J connectivity index is 1.73. The van der Waals surface area contributed by atoms with E-state index in [0.717, 1.165) is 16.8 Å². The number of para-hydroxylation sites is 1. The van der Waals surface area contributed by atoms with Gasteiger partial charge >= 0.3 is 0 Å². The van der Waals surface area contributed by atoms with Crippen molar-refractivity contribution < 1.29 is 9.59 Å². The molecule has 5 nitrogen and oxygen atoms in total. The summed E-state index contributed by atoms with van der Waals surface area (Å²) in [5.41, 5.74) is 5.63. The first-order valence-electron chi connectivity index (χ1n) is 9.47. The number of hydrogen-bond donors (Lipinski definition) is 2. The van der Waals surface area contributed by atoms with Crippen LogP contribution >= 0.6 is 0 Å². The second-order valence-electron chi connectivity index (χ2n) is 7.21. The largest absolute Gasteiger partial charge is 0.361 e. The third-order valence-corrected chi connectivity index (χ3v) is 5.56. The molecular weight excluding hydrogens is 350 g/mol. The number of benzene rings is 2. The molecular formula is C23H23N3O2. The SMILES string of the molecule is C=C1c2ccccc2C(c2c[nH]c3ccccc23)N1C(C)CCC(=O)NC=O. The summed E-state index contributed by atoms with van der Waals surface area (Å²) in [4.78, 5) is 27.9. The van der Waals surface area contributed by atoms with Crippen LogP contribution in [0.2, 0.25) is 0 Å². The normalized spacial score (nSPS) is 16.8. The van der Waals surface area contributed by atoms with Gasteiger partial charge in [-0.3, -0.25) is 14.9 Å². The van der Waals surface area contributed by atoms with Crippen LogP contribution in [0, 0.1) is 0 Å². The van der Waals surface area contributed by atoms with Gasteiger partial charge in [-0.15, -0.1) is 0 Å². The molecule has 2 N–H and O–H groups in total. The van der Waals surface area contributed by atoms with Crippen molar-refractivity contribution in [1.82, 2.24) is 15.2 Å². The molecule has 28 heavy (non-hydrogen) atoms.